The minimum atomic E-state index is -0.514. The highest BCUT2D eigenvalue weighted by Gasteiger charge is 2.14. The van der Waals surface area contributed by atoms with E-state index >= 15 is 0 Å². The van der Waals surface area contributed by atoms with E-state index in [1.807, 2.05) is 31.4 Å². The highest BCUT2D eigenvalue weighted by Crippen LogP contribution is 2.26. The molecule has 2 aromatic carbocycles. The standard InChI is InChI=1S/C20H16FN3S/c1-13-7-14(2)9-18(8-13)23-11-16(10-22)20-24-19(12-25-20)15-3-5-17(21)6-4-15/h3-9,11-12,16H,1-2H3. The maximum Gasteiger partial charge on any atom is 0.133 e. The van der Waals surface area contributed by atoms with E-state index in [0.717, 1.165) is 28.1 Å². The van der Waals surface area contributed by atoms with Crippen molar-refractivity contribution in [2.75, 3.05) is 0 Å². The van der Waals surface area contributed by atoms with Crippen molar-refractivity contribution in [3.8, 4) is 17.3 Å². The molecule has 0 amide bonds. The average Bonchev–Trinajstić information content (AvgIpc) is 3.05. The molecule has 0 aliphatic heterocycles. The molecule has 0 bridgehead atoms. The molecule has 3 aromatic rings. The average molecular weight is 349 g/mol. The van der Waals surface area contributed by atoms with Crippen LogP contribution in [0.3, 0.4) is 0 Å². The van der Waals surface area contributed by atoms with E-state index in [2.05, 4.69) is 22.1 Å². The van der Waals surface area contributed by atoms with Crippen LogP contribution in [0.15, 0.2) is 52.8 Å². The summed E-state index contributed by atoms with van der Waals surface area (Å²) in [7, 11) is 0. The smallest absolute Gasteiger partial charge is 0.133 e. The van der Waals surface area contributed by atoms with Gasteiger partial charge in [-0.05, 0) is 61.4 Å². The molecular formula is C20H16FN3S. The van der Waals surface area contributed by atoms with Gasteiger partial charge in [0.05, 0.1) is 17.5 Å². The summed E-state index contributed by atoms with van der Waals surface area (Å²) in [6, 6.07) is 14.4. The van der Waals surface area contributed by atoms with Gasteiger partial charge in [0.1, 0.15) is 16.7 Å². The van der Waals surface area contributed by atoms with E-state index in [1.54, 1.807) is 18.3 Å². The van der Waals surface area contributed by atoms with Gasteiger partial charge in [-0.2, -0.15) is 5.26 Å². The Balaban J connectivity index is 1.83. The molecule has 3 nitrogen and oxygen atoms in total. The Labute approximate surface area is 150 Å². The third-order valence-corrected chi connectivity index (χ3v) is 4.57. The molecule has 1 atom stereocenters. The largest absolute Gasteiger partial charge is 0.259 e. The predicted octanol–water partition coefficient (Wildman–Crippen LogP) is 5.58. The molecule has 0 aliphatic rings. The van der Waals surface area contributed by atoms with Crippen LogP contribution in [0.5, 0.6) is 0 Å². The first-order chi connectivity index (χ1) is 12.0. The van der Waals surface area contributed by atoms with E-state index in [-0.39, 0.29) is 5.82 Å². The van der Waals surface area contributed by atoms with Crippen LogP contribution in [0, 0.1) is 31.0 Å². The summed E-state index contributed by atoms with van der Waals surface area (Å²) in [6.45, 7) is 4.03. The SMILES string of the molecule is Cc1cc(C)cc(N=CC(C#N)c2nc(-c3ccc(F)cc3)cs2)c1. The zero-order chi connectivity index (χ0) is 17.8. The lowest BCUT2D eigenvalue weighted by atomic mass is 10.1. The molecule has 3 rings (SSSR count). The van der Waals surface area contributed by atoms with Crippen LogP contribution in [0.2, 0.25) is 0 Å². The zero-order valence-electron chi connectivity index (χ0n) is 13.9. The van der Waals surface area contributed by atoms with E-state index < -0.39 is 5.92 Å². The summed E-state index contributed by atoms with van der Waals surface area (Å²) in [5.41, 5.74) is 4.65. The van der Waals surface area contributed by atoms with Crippen LogP contribution in [0.1, 0.15) is 22.1 Å². The van der Waals surface area contributed by atoms with Crippen LogP contribution in [0.25, 0.3) is 11.3 Å². The second-order valence-electron chi connectivity index (χ2n) is 5.81. The minimum absolute atomic E-state index is 0.283. The Morgan fingerprint density at radius 3 is 2.48 bits per heavy atom. The number of hydrogen-bond donors (Lipinski definition) is 0. The van der Waals surface area contributed by atoms with Crippen molar-refractivity contribution >= 4 is 23.2 Å². The van der Waals surface area contributed by atoms with Crippen LogP contribution in [-0.4, -0.2) is 11.2 Å². The quantitative estimate of drug-likeness (QED) is 0.578. The molecular weight excluding hydrogens is 333 g/mol. The molecule has 1 unspecified atom stereocenters. The number of hydrogen-bond acceptors (Lipinski definition) is 4. The van der Waals surface area contributed by atoms with Gasteiger partial charge in [-0.15, -0.1) is 11.3 Å². The summed E-state index contributed by atoms with van der Waals surface area (Å²) in [6.07, 6.45) is 1.63. The van der Waals surface area contributed by atoms with Gasteiger partial charge >= 0.3 is 0 Å². The molecule has 25 heavy (non-hydrogen) atoms. The normalized spacial score (nSPS) is 12.2. The lowest BCUT2D eigenvalue weighted by Gasteiger charge is -2.01. The van der Waals surface area contributed by atoms with Crippen LogP contribution >= 0.6 is 11.3 Å². The van der Waals surface area contributed by atoms with Gasteiger partial charge in [-0.1, -0.05) is 6.07 Å². The topological polar surface area (TPSA) is 49.0 Å². The Hall–Kier alpha value is -2.84. The highest BCUT2D eigenvalue weighted by atomic mass is 32.1. The summed E-state index contributed by atoms with van der Waals surface area (Å²) < 4.78 is 13.0. The van der Waals surface area contributed by atoms with Crippen molar-refractivity contribution in [2.45, 2.75) is 19.8 Å². The summed E-state index contributed by atoms with van der Waals surface area (Å²) >= 11 is 1.40. The fraction of sp³-hybridized carbons (Fsp3) is 0.150. The molecule has 0 saturated carbocycles. The molecule has 1 heterocycles. The van der Waals surface area contributed by atoms with Crippen LogP contribution in [-0.2, 0) is 0 Å². The number of aromatic nitrogens is 1. The molecule has 5 heteroatoms. The van der Waals surface area contributed by atoms with Crippen molar-refractivity contribution in [1.29, 1.82) is 5.26 Å². The number of rotatable bonds is 4. The lowest BCUT2D eigenvalue weighted by molar-refractivity contribution is 0.628. The maximum absolute atomic E-state index is 13.0. The number of benzene rings is 2. The molecule has 1 aromatic heterocycles. The van der Waals surface area contributed by atoms with Gasteiger partial charge < -0.3 is 0 Å². The third-order valence-electron chi connectivity index (χ3n) is 3.65. The van der Waals surface area contributed by atoms with E-state index in [4.69, 9.17) is 0 Å². The van der Waals surface area contributed by atoms with Crippen LogP contribution < -0.4 is 0 Å². The van der Waals surface area contributed by atoms with Gasteiger partial charge in [0, 0.05) is 17.2 Å². The van der Waals surface area contributed by atoms with E-state index in [0.29, 0.717) is 5.01 Å². The summed E-state index contributed by atoms with van der Waals surface area (Å²) in [4.78, 5) is 8.95. The summed E-state index contributed by atoms with van der Waals surface area (Å²) in [5, 5.41) is 12.0. The van der Waals surface area contributed by atoms with Crippen molar-refractivity contribution in [3.63, 3.8) is 0 Å². The van der Waals surface area contributed by atoms with Gasteiger partial charge in [0.25, 0.3) is 0 Å². The molecule has 0 spiro atoms. The van der Waals surface area contributed by atoms with E-state index in [1.165, 1.54) is 23.5 Å². The first kappa shape index (κ1) is 17.0. The maximum atomic E-state index is 13.0. The Morgan fingerprint density at radius 1 is 1.16 bits per heavy atom. The number of thiazole rings is 1. The first-order valence-electron chi connectivity index (χ1n) is 7.78. The minimum Gasteiger partial charge on any atom is -0.259 e. The van der Waals surface area contributed by atoms with Crippen LogP contribution in [0.4, 0.5) is 10.1 Å². The predicted molar refractivity (Wildman–Crippen MR) is 99.9 cm³/mol. The molecule has 0 aliphatic carbocycles. The highest BCUT2D eigenvalue weighted by molar-refractivity contribution is 7.10. The Kier molecular flexibility index (Phi) is 5.01. The lowest BCUT2D eigenvalue weighted by Crippen LogP contribution is -1.96. The third kappa shape index (κ3) is 4.17. The van der Waals surface area contributed by atoms with Gasteiger partial charge in [-0.3, -0.25) is 4.99 Å². The van der Waals surface area contributed by atoms with Gasteiger partial charge in [0.15, 0.2) is 0 Å². The second kappa shape index (κ2) is 7.37. The van der Waals surface area contributed by atoms with Crippen molar-refractivity contribution in [1.82, 2.24) is 4.98 Å². The molecule has 0 radical (unpaired) electrons. The number of nitrogens with zero attached hydrogens (tertiary/aromatic N) is 3. The first-order valence-corrected chi connectivity index (χ1v) is 8.66. The number of halogens is 1. The fourth-order valence-electron chi connectivity index (χ4n) is 2.52. The Morgan fingerprint density at radius 2 is 1.84 bits per heavy atom. The number of aliphatic imine (C=N–C) groups is 1. The fourth-order valence-corrected chi connectivity index (χ4v) is 3.35. The monoisotopic (exact) mass is 349 g/mol. The van der Waals surface area contributed by atoms with Crippen molar-refractivity contribution in [3.05, 3.63) is 69.8 Å². The van der Waals surface area contributed by atoms with Gasteiger partial charge in [0.2, 0.25) is 0 Å². The van der Waals surface area contributed by atoms with Crippen molar-refractivity contribution in [2.24, 2.45) is 4.99 Å². The van der Waals surface area contributed by atoms with Crippen molar-refractivity contribution < 1.29 is 4.39 Å². The summed E-state index contributed by atoms with van der Waals surface area (Å²) in [5.74, 6) is -0.797. The second-order valence-corrected chi connectivity index (χ2v) is 6.70. The molecule has 0 N–H and O–H groups in total. The number of aryl methyl sites for hydroxylation is 2. The van der Waals surface area contributed by atoms with Gasteiger partial charge in [-0.25, -0.2) is 9.37 Å². The zero-order valence-corrected chi connectivity index (χ0v) is 14.7. The number of nitriles is 1. The Bertz CT molecular complexity index is 932. The van der Waals surface area contributed by atoms with E-state index in [9.17, 15) is 9.65 Å². The molecule has 0 fully saturated rings. The molecule has 124 valence electrons. The molecule has 0 saturated heterocycles.